The summed E-state index contributed by atoms with van der Waals surface area (Å²) < 4.78 is 23.8. The van der Waals surface area contributed by atoms with Gasteiger partial charge in [0.1, 0.15) is 12.2 Å². The van der Waals surface area contributed by atoms with Crippen LogP contribution in [0.25, 0.3) is 6.08 Å². The topological polar surface area (TPSA) is 122 Å². The molecule has 7 unspecified atom stereocenters. The van der Waals surface area contributed by atoms with E-state index in [0.29, 0.717) is 23.1 Å². The molecule has 0 saturated heterocycles. The Morgan fingerprint density at radius 2 is 1.50 bits per heavy atom. The number of ketones is 1. The minimum absolute atomic E-state index is 0.0475. The number of carbonyl (C=O) groups is 5. The van der Waals surface area contributed by atoms with Gasteiger partial charge in [0.25, 0.3) is 0 Å². The fraction of sp³-hybridized carbons (Fsp3) is 0.514. The van der Waals surface area contributed by atoms with Gasteiger partial charge in [-0.25, -0.2) is 4.79 Å². The van der Waals surface area contributed by atoms with Crippen LogP contribution in [0.3, 0.4) is 0 Å². The fourth-order valence-electron chi connectivity index (χ4n) is 7.51. The van der Waals surface area contributed by atoms with E-state index in [1.807, 2.05) is 51.1 Å². The normalized spacial score (nSPS) is 31.3. The summed E-state index contributed by atoms with van der Waals surface area (Å²) in [7, 11) is 0. The Morgan fingerprint density at radius 3 is 2.09 bits per heavy atom. The first-order valence-electron chi connectivity index (χ1n) is 15.0. The van der Waals surface area contributed by atoms with Gasteiger partial charge in [-0.3, -0.25) is 19.2 Å². The van der Waals surface area contributed by atoms with Crippen LogP contribution in [0.15, 0.2) is 59.7 Å². The molecular weight excluding hydrogens is 564 g/mol. The zero-order chi connectivity index (χ0) is 32.6. The lowest BCUT2D eigenvalue weighted by molar-refractivity contribution is -0.211. The van der Waals surface area contributed by atoms with Crippen molar-refractivity contribution >= 4 is 35.7 Å². The maximum absolute atomic E-state index is 13.4. The van der Waals surface area contributed by atoms with Gasteiger partial charge in [0, 0.05) is 39.7 Å². The Balaban J connectivity index is 1.86. The molecule has 2 saturated carbocycles. The lowest BCUT2D eigenvalue weighted by Crippen LogP contribution is -2.64. The second kappa shape index (κ2) is 12.5. The van der Waals surface area contributed by atoms with Crippen LogP contribution < -0.4 is 0 Å². The lowest BCUT2D eigenvalue weighted by Gasteiger charge is -2.59. The summed E-state index contributed by atoms with van der Waals surface area (Å²) in [6, 6.07) is 9.29. The number of Topliss-reactive ketones (excluding diaryl/α,β-unsaturated/α-hetero) is 1. The Kier molecular flexibility index (Phi) is 9.37. The SMILES string of the molecule is C=C1C(OC(=O)C=Cc2ccccc2)CC(OC(C)=O)C2(C)C1CC1CC(=O)C(C)=C(C(OC(C)=O)C2OC(C)=O)C1(C)C. The molecule has 4 rings (SSSR count). The second-order valence-corrected chi connectivity index (χ2v) is 12.9. The molecule has 0 spiro atoms. The number of hydrogen-bond donors (Lipinski definition) is 0. The molecule has 0 amide bonds. The van der Waals surface area contributed by atoms with Crippen LogP contribution in [-0.2, 0) is 42.9 Å². The molecule has 1 aromatic carbocycles. The molecule has 44 heavy (non-hydrogen) atoms. The molecule has 0 aliphatic heterocycles. The van der Waals surface area contributed by atoms with Gasteiger partial charge in [0.15, 0.2) is 18.0 Å². The average Bonchev–Trinajstić information content (AvgIpc) is 2.93. The lowest BCUT2D eigenvalue weighted by atomic mass is 9.49. The maximum Gasteiger partial charge on any atom is 0.331 e. The molecular formula is C35H42O9. The van der Waals surface area contributed by atoms with Crippen LogP contribution in [0.4, 0.5) is 0 Å². The van der Waals surface area contributed by atoms with Crippen LogP contribution in [0.5, 0.6) is 0 Å². The summed E-state index contributed by atoms with van der Waals surface area (Å²) in [6.07, 6.45) is -0.379. The van der Waals surface area contributed by atoms with Crippen molar-refractivity contribution in [1.29, 1.82) is 0 Å². The van der Waals surface area contributed by atoms with Crippen molar-refractivity contribution in [3.63, 3.8) is 0 Å². The van der Waals surface area contributed by atoms with Gasteiger partial charge >= 0.3 is 23.9 Å². The molecule has 0 aromatic heterocycles. The van der Waals surface area contributed by atoms with E-state index in [2.05, 4.69) is 6.58 Å². The number of carbonyl (C=O) groups excluding carboxylic acids is 5. The number of benzene rings is 1. The predicted molar refractivity (Wildman–Crippen MR) is 162 cm³/mol. The Bertz CT molecular complexity index is 1420. The van der Waals surface area contributed by atoms with Crippen molar-refractivity contribution < 1.29 is 42.9 Å². The third kappa shape index (κ3) is 6.28. The van der Waals surface area contributed by atoms with Crippen molar-refractivity contribution in [3.8, 4) is 0 Å². The number of hydrogen-bond acceptors (Lipinski definition) is 9. The van der Waals surface area contributed by atoms with E-state index < -0.39 is 65.0 Å². The first kappa shape index (κ1) is 32.9. The molecule has 236 valence electrons. The van der Waals surface area contributed by atoms with Crippen molar-refractivity contribution in [2.24, 2.45) is 22.7 Å². The number of allylic oxidation sites excluding steroid dienone is 1. The minimum atomic E-state index is -1.17. The zero-order valence-corrected chi connectivity index (χ0v) is 26.5. The zero-order valence-electron chi connectivity index (χ0n) is 26.5. The van der Waals surface area contributed by atoms with Crippen molar-refractivity contribution in [3.05, 3.63) is 65.3 Å². The molecule has 2 fully saturated rings. The first-order chi connectivity index (χ1) is 20.6. The van der Waals surface area contributed by atoms with Gasteiger partial charge in [0.05, 0.1) is 5.41 Å². The number of fused-ring (bicyclic) bond motifs is 3. The van der Waals surface area contributed by atoms with Crippen LogP contribution >= 0.6 is 0 Å². The molecule has 9 nitrogen and oxygen atoms in total. The average molecular weight is 607 g/mol. The van der Waals surface area contributed by atoms with Gasteiger partial charge in [-0.2, -0.15) is 0 Å². The summed E-state index contributed by atoms with van der Waals surface area (Å²) in [6.45, 7) is 15.7. The number of esters is 4. The highest BCUT2D eigenvalue weighted by Crippen LogP contribution is 2.60. The Hall–Kier alpha value is -4.01. The van der Waals surface area contributed by atoms with E-state index in [-0.39, 0.29) is 24.5 Å². The number of rotatable bonds is 6. The quantitative estimate of drug-likeness (QED) is 0.183. The van der Waals surface area contributed by atoms with E-state index in [9.17, 15) is 24.0 Å². The standard InChI is InChI=1S/C35H42O9/c1-19-26-16-25-17-27(39)20(2)31(34(25,6)7)32(42-22(4)37)33(43-23(5)38)35(26,8)29(41-21(3)36)18-28(19)44-30(40)15-14-24-12-10-9-11-13-24/h9-15,25-26,28-29,32-33H,1,16-18H2,2-8H3. The van der Waals surface area contributed by atoms with Crippen molar-refractivity contribution in [1.82, 2.24) is 0 Å². The van der Waals surface area contributed by atoms with Gasteiger partial charge in [-0.05, 0) is 59.0 Å². The summed E-state index contributed by atoms with van der Waals surface area (Å²) >= 11 is 0. The van der Waals surface area contributed by atoms with Crippen LogP contribution in [-0.4, -0.2) is 54.1 Å². The van der Waals surface area contributed by atoms with Crippen molar-refractivity contribution in [2.75, 3.05) is 0 Å². The van der Waals surface area contributed by atoms with Crippen LogP contribution in [0, 0.1) is 22.7 Å². The summed E-state index contributed by atoms with van der Waals surface area (Å²) in [5.41, 5.74) is 0.615. The molecule has 3 aliphatic carbocycles. The van der Waals surface area contributed by atoms with Crippen molar-refractivity contribution in [2.45, 2.75) is 92.1 Å². The van der Waals surface area contributed by atoms with Gasteiger partial charge in [-0.1, -0.05) is 57.7 Å². The van der Waals surface area contributed by atoms with Gasteiger partial charge in [-0.15, -0.1) is 0 Å². The number of ether oxygens (including phenoxy) is 4. The van der Waals surface area contributed by atoms with Crippen LogP contribution in [0.1, 0.15) is 73.3 Å². The monoisotopic (exact) mass is 606 g/mol. The van der Waals surface area contributed by atoms with E-state index in [1.165, 1.54) is 26.8 Å². The Labute approximate surface area is 258 Å². The molecule has 0 heterocycles. The van der Waals surface area contributed by atoms with E-state index >= 15 is 0 Å². The maximum atomic E-state index is 13.4. The largest absolute Gasteiger partial charge is 0.462 e. The van der Waals surface area contributed by atoms with E-state index in [0.717, 1.165) is 5.56 Å². The molecule has 0 N–H and O–H groups in total. The Morgan fingerprint density at radius 1 is 0.886 bits per heavy atom. The third-order valence-corrected chi connectivity index (χ3v) is 9.76. The molecule has 3 aliphatic rings. The highest BCUT2D eigenvalue weighted by molar-refractivity contribution is 5.97. The van der Waals surface area contributed by atoms with E-state index in [1.54, 1.807) is 13.0 Å². The fourth-order valence-corrected chi connectivity index (χ4v) is 7.51. The van der Waals surface area contributed by atoms with Crippen LogP contribution in [0.2, 0.25) is 0 Å². The smallest absolute Gasteiger partial charge is 0.331 e. The first-order valence-corrected chi connectivity index (χ1v) is 15.0. The van der Waals surface area contributed by atoms with Gasteiger partial charge in [0.2, 0.25) is 0 Å². The second-order valence-electron chi connectivity index (χ2n) is 12.9. The molecule has 2 bridgehead atoms. The highest BCUT2D eigenvalue weighted by Gasteiger charge is 2.64. The van der Waals surface area contributed by atoms with Gasteiger partial charge < -0.3 is 18.9 Å². The predicted octanol–water partition coefficient (Wildman–Crippen LogP) is 5.32. The summed E-state index contributed by atoms with van der Waals surface area (Å²) in [4.78, 5) is 64.2. The molecule has 1 aromatic rings. The summed E-state index contributed by atoms with van der Waals surface area (Å²) in [5, 5.41) is 0. The van der Waals surface area contributed by atoms with E-state index in [4.69, 9.17) is 18.9 Å². The molecule has 0 radical (unpaired) electrons. The third-order valence-electron chi connectivity index (χ3n) is 9.76. The highest BCUT2D eigenvalue weighted by atomic mass is 16.6. The molecule has 9 heteroatoms. The molecule has 7 atom stereocenters. The minimum Gasteiger partial charge on any atom is -0.462 e. The summed E-state index contributed by atoms with van der Waals surface area (Å²) in [5.74, 6) is -3.29.